The lowest BCUT2D eigenvalue weighted by molar-refractivity contribution is 0.436. The predicted molar refractivity (Wildman–Crippen MR) is 229 cm³/mol. The van der Waals surface area contributed by atoms with Gasteiger partial charge in [-0.05, 0) is 81.3 Å². The van der Waals surface area contributed by atoms with E-state index >= 15 is 0 Å². The molecule has 1 aromatic heterocycles. The molecule has 4 nitrogen and oxygen atoms in total. The first-order valence-electron chi connectivity index (χ1n) is 19.4. The van der Waals surface area contributed by atoms with Gasteiger partial charge in [-0.3, -0.25) is 0 Å². The molecule has 57 heavy (non-hydrogen) atoms. The highest BCUT2D eigenvalue weighted by Gasteiger charge is 2.51. The lowest BCUT2D eigenvalue weighted by Gasteiger charge is -2.39. The molecular weight excluding hydrogens is 695 g/mol. The zero-order valence-electron chi connectivity index (χ0n) is 31.2. The molecular formula is C53H35N3O. The fourth-order valence-electron chi connectivity index (χ4n) is 9.05. The van der Waals surface area contributed by atoms with E-state index in [-0.39, 0.29) is 0 Å². The van der Waals surface area contributed by atoms with Gasteiger partial charge in [0.2, 0.25) is 0 Å². The molecule has 0 atom stereocenters. The Morgan fingerprint density at radius 3 is 1.40 bits per heavy atom. The molecule has 268 valence electrons. The van der Waals surface area contributed by atoms with Gasteiger partial charge < -0.3 is 4.74 Å². The minimum atomic E-state index is -0.519. The number of benzene rings is 8. The Kier molecular flexibility index (Phi) is 7.58. The molecule has 1 aliphatic heterocycles. The van der Waals surface area contributed by atoms with Crippen LogP contribution in [0, 0.1) is 6.92 Å². The SMILES string of the molecule is Cc1c(-c2cccc(-c3nc(-c4ccccc4)nc(-c4ccccc4)n3)c2)cccc1-c1ccc2c(c1)C1(c3ccccc3O2)c2ccccc2-c2ccccc21. The van der Waals surface area contributed by atoms with E-state index in [2.05, 4.69) is 140 Å². The first-order chi connectivity index (χ1) is 28.2. The highest BCUT2D eigenvalue weighted by molar-refractivity contribution is 5.90. The summed E-state index contributed by atoms with van der Waals surface area (Å²) in [4.78, 5) is 14.9. The van der Waals surface area contributed by atoms with Crippen molar-refractivity contribution in [1.29, 1.82) is 0 Å². The number of nitrogens with zero attached hydrogens (tertiary/aromatic N) is 3. The zero-order chi connectivity index (χ0) is 37.9. The van der Waals surface area contributed by atoms with Crippen LogP contribution in [0.4, 0.5) is 0 Å². The van der Waals surface area contributed by atoms with E-state index in [1.165, 1.54) is 38.9 Å². The molecule has 0 saturated carbocycles. The lowest BCUT2D eigenvalue weighted by Crippen LogP contribution is -2.32. The second kappa shape index (κ2) is 13.1. The van der Waals surface area contributed by atoms with Crippen LogP contribution < -0.4 is 4.74 Å². The third-order valence-electron chi connectivity index (χ3n) is 11.6. The minimum Gasteiger partial charge on any atom is -0.457 e. The smallest absolute Gasteiger partial charge is 0.164 e. The van der Waals surface area contributed by atoms with Crippen molar-refractivity contribution in [3.05, 3.63) is 222 Å². The summed E-state index contributed by atoms with van der Waals surface area (Å²) in [6.07, 6.45) is 0. The standard InChI is InChI=1S/C53H35N3O/c1-34-40(37-20-14-21-39(32-37)52-55-50(35-16-4-2-5-17-35)54-51(56-52)36-18-6-3-7-19-36)24-15-25-41(34)38-30-31-49-47(33-38)53(46-28-12-13-29-48(46)57-49)44-26-10-8-22-42(44)43-23-9-11-27-45(43)53/h2-33H,1H3. The van der Waals surface area contributed by atoms with Gasteiger partial charge in [-0.2, -0.15) is 0 Å². The number of hydrogen-bond donors (Lipinski definition) is 0. The second-order valence-electron chi connectivity index (χ2n) is 14.7. The quantitative estimate of drug-likeness (QED) is 0.177. The summed E-state index contributed by atoms with van der Waals surface area (Å²) in [6.45, 7) is 2.22. The number of hydrogen-bond acceptors (Lipinski definition) is 4. The van der Waals surface area contributed by atoms with Crippen molar-refractivity contribution >= 4 is 0 Å². The molecule has 2 aliphatic rings. The van der Waals surface area contributed by atoms with Crippen LogP contribution in [-0.4, -0.2) is 15.0 Å². The van der Waals surface area contributed by atoms with Crippen molar-refractivity contribution in [3.63, 3.8) is 0 Å². The first kappa shape index (κ1) is 33.0. The van der Waals surface area contributed by atoms with Crippen molar-refractivity contribution < 1.29 is 4.74 Å². The van der Waals surface area contributed by atoms with E-state index in [0.29, 0.717) is 17.5 Å². The molecule has 1 aliphatic carbocycles. The van der Waals surface area contributed by atoms with Gasteiger partial charge in [0.1, 0.15) is 11.5 Å². The normalized spacial score (nSPS) is 12.9. The summed E-state index contributed by atoms with van der Waals surface area (Å²) < 4.78 is 6.72. The molecule has 2 heterocycles. The molecule has 0 fully saturated rings. The van der Waals surface area contributed by atoms with E-state index in [1.54, 1.807) is 0 Å². The fraction of sp³-hybridized carbons (Fsp3) is 0.0377. The van der Waals surface area contributed by atoms with E-state index in [0.717, 1.165) is 50.4 Å². The van der Waals surface area contributed by atoms with Gasteiger partial charge >= 0.3 is 0 Å². The predicted octanol–water partition coefficient (Wildman–Crippen LogP) is 13.0. The summed E-state index contributed by atoms with van der Waals surface area (Å²) in [6, 6.07) is 68.4. The van der Waals surface area contributed by atoms with Gasteiger partial charge in [0.15, 0.2) is 17.5 Å². The molecule has 0 unspecified atom stereocenters. The monoisotopic (exact) mass is 729 g/mol. The Hall–Kier alpha value is -7.43. The summed E-state index contributed by atoms with van der Waals surface area (Å²) >= 11 is 0. The van der Waals surface area contributed by atoms with E-state index in [9.17, 15) is 0 Å². The average Bonchev–Trinajstić information content (AvgIpc) is 3.57. The van der Waals surface area contributed by atoms with Crippen molar-refractivity contribution in [2.45, 2.75) is 12.3 Å². The Morgan fingerprint density at radius 1 is 0.333 bits per heavy atom. The van der Waals surface area contributed by atoms with Crippen LogP contribution in [0.3, 0.4) is 0 Å². The van der Waals surface area contributed by atoms with Crippen LogP contribution in [-0.2, 0) is 5.41 Å². The van der Waals surface area contributed by atoms with Gasteiger partial charge in [0, 0.05) is 27.8 Å². The molecule has 0 saturated heterocycles. The fourth-order valence-corrected chi connectivity index (χ4v) is 9.05. The maximum Gasteiger partial charge on any atom is 0.164 e. The van der Waals surface area contributed by atoms with Crippen LogP contribution in [0.1, 0.15) is 27.8 Å². The number of rotatable bonds is 5. The molecule has 1 spiro atoms. The van der Waals surface area contributed by atoms with E-state index in [1.807, 2.05) is 60.7 Å². The van der Waals surface area contributed by atoms with Crippen LogP contribution in [0.25, 0.3) is 67.5 Å². The highest BCUT2D eigenvalue weighted by Crippen LogP contribution is 2.62. The molecule has 4 heteroatoms. The Labute approximate surface area is 331 Å². The van der Waals surface area contributed by atoms with Gasteiger partial charge in [-0.1, -0.05) is 170 Å². The van der Waals surface area contributed by atoms with Crippen LogP contribution in [0.5, 0.6) is 11.5 Å². The maximum atomic E-state index is 6.72. The second-order valence-corrected chi connectivity index (χ2v) is 14.7. The third kappa shape index (κ3) is 5.18. The van der Waals surface area contributed by atoms with E-state index < -0.39 is 5.41 Å². The lowest BCUT2D eigenvalue weighted by atomic mass is 9.65. The molecule has 9 aromatic rings. The number of para-hydroxylation sites is 1. The molecule has 0 amide bonds. The van der Waals surface area contributed by atoms with Gasteiger partial charge in [-0.15, -0.1) is 0 Å². The van der Waals surface area contributed by atoms with Gasteiger partial charge in [0.05, 0.1) is 5.41 Å². The Bertz CT molecular complexity index is 2910. The summed E-state index contributed by atoms with van der Waals surface area (Å²) in [5, 5.41) is 0. The Balaban J connectivity index is 1.04. The minimum absolute atomic E-state index is 0.519. The first-order valence-corrected chi connectivity index (χ1v) is 19.4. The zero-order valence-corrected chi connectivity index (χ0v) is 31.2. The summed E-state index contributed by atoms with van der Waals surface area (Å²) in [5.74, 6) is 3.70. The van der Waals surface area contributed by atoms with Crippen LogP contribution in [0.2, 0.25) is 0 Å². The van der Waals surface area contributed by atoms with Crippen molar-refractivity contribution in [1.82, 2.24) is 15.0 Å². The Morgan fingerprint density at radius 2 is 0.772 bits per heavy atom. The molecule has 0 radical (unpaired) electrons. The van der Waals surface area contributed by atoms with Crippen LogP contribution in [0.15, 0.2) is 194 Å². The summed E-state index contributed by atoms with van der Waals surface area (Å²) in [7, 11) is 0. The molecule has 11 rings (SSSR count). The largest absolute Gasteiger partial charge is 0.457 e. The van der Waals surface area contributed by atoms with Crippen LogP contribution >= 0.6 is 0 Å². The number of ether oxygens (including phenoxy) is 1. The van der Waals surface area contributed by atoms with Crippen molar-refractivity contribution in [3.8, 4) is 79.0 Å². The van der Waals surface area contributed by atoms with Gasteiger partial charge in [-0.25, -0.2) is 15.0 Å². The summed E-state index contributed by atoms with van der Waals surface area (Å²) in [5.41, 5.74) is 15.5. The van der Waals surface area contributed by atoms with Gasteiger partial charge in [0.25, 0.3) is 0 Å². The maximum absolute atomic E-state index is 6.72. The van der Waals surface area contributed by atoms with Crippen molar-refractivity contribution in [2.75, 3.05) is 0 Å². The molecule has 0 bridgehead atoms. The number of fused-ring (bicyclic) bond motifs is 9. The number of aromatic nitrogens is 3. The topological polar surface area (TPSA) is 47.9 Å². The average molecular weight is 730 g/mol. The third-order valence-corrected chi connectivity index (χ3v) is 11.6. The highest BCUT2D eigenvalue weighted by atomic mass is 16.5. The molecule has 8 aromatic carbocycles. The van der Waals surface area contributed by atoms with E-state index in [4.69, 9.17) is 19.7 Å². The van der Waals surface area contributed by atoms with Crippen molar-refractivity contribution in [2.24, 2.45) is 0 Å². The molecule has 0 N–H and O–H groups in total.